The lowest BCUT2D eigenvalue weighted by atomic mass is 10.1. The Morgan fingerprint density at radius 3 is 2.13 bits per heavy atom. The number of likely N-dealkylation sites (N-methyl/N-ethyl adjacent to an activating group) is 1. The molecule has 0 aliphatic carbocycles. The number of carbonyl (C=O) groups is 1. The molecule has 15 heavy (non-hydrogen) atoms. The van der Waals surface area contributed by atoms with Gasteiger partial charge in [-0.1, -0.05) is 0 Å². The third-order valence-electron chi connectivity index (χ3n) is 2.01. The van der Waals surface area contributed by atoms with Gasteiger partial charge in [0.1, 0.15) is 11.5 Å². The number of hydrogen-bond acceptors (Lipinski definition) is 4. The Morgan fingerprint density at radius 1 is 1.20 bits per heavy atom. The molecule has 0 amide bonds. The van der Waals surface area contributed by atoms with Crippen LogP contribution in [0.2, 0.25) is 0 Å². The van der Waals surface area contributed by atoms with E-state index in [1.54, 1.807) is 39.5 Å². The molecule has 0 fully saturated rings. The predicted molar refractivity (Wildman–Crippen MR) is 57.8 cm³/mol. The van der Waals surface area contributed by atoms with Gasteiger partial charge in [0, 0.05) is 11.6 Å². The third-order valence-corrected chi connectivity index (χ3v) is 2.01. The molecule has 1 rings (SSSR count). The van der Waals surface area contributed by atoms with Gasteiger partial charge in [-0.3, -0.25) is 4.79 Å². The van der Waals surface area contributed by atoms with Crippen LogP contribution in [0.15, 0.2) is 18.2 Å². The van der Waals surface area contributed by atoms with Gasteiger partial charge in [-0.25, -0.2) is 0 Å². The average Bonchev–Trinajstić information content (AvgIpc) is 2.28. The zero-order valence-corrected chi connectivity index (χ0v) is 9.16. The SMILES string of the molecule is CNCC(=O)c1cc(OC)cc(OC)c1. The second-order valence-corrected chi connectivity index (χ2v) is 3.05. The minimum absolute atomic E-state index is 0.00898. The fourth-order valence-corrected chi connectivity index (χ4v) is 1.23. The molecule has 0 aliphatic rings. The maximum absolute atomic E-state index is 11.6. The van der Waals surface area contributed by atoms with Crippen molar-refractivity contribution in [3.8, 4) is 11.5 Å². The van der Waals surface area contributed by atoms with E-state index in [0.717, 1.165) is 0 Å². The van der Waals surface area contributed by atoms with Gasteiger partial charge in [-0.2, -0.15) is 0 Å². The average molecular weight is 209 g/mol. The predicted octanol–water partition coefficient (Wildman–Crippen LogP) is 1.11. The lowest BCUT2D eigenvalue weighted by Gasteiger charge is -2.07. The number of rotatable bonds is 5. The fraction of sp³-hybridized carbons (Fsp3) is 0.364. The molecule has 0 bridgehead atoms. The molecule has 82 valence electrons. The molecule has 1 aromatic carbocycles. The van der Waals surface area contributed by atoms with E-state index in [1.165, 1.54) is 0 Å². The Bertz CT molecular complexity index is 327. The van der Waals surface area contributed by atoms with Crippen LogP contribution in [0.25, 0.3) is 0 Å². The summed E-state index contributed by atoms with van der Waals surface area (Å²) < 4.78 is 10.1. The smallest absolute Gasteiger partial charge is 0.176 e. The Morgan fingerprint density at radius 2 is 1.73 bits per heavy atom. The van der Waals surface area contributed by atoms with Crippen molar-refractivity contribution in [2.45, 2.75) is 0 Å². The van der Waals surface area contributed by atoms with Crippen molar-refractivity contribution < 1.29 is 14.3 Å². The van der Waals surface area contributed by atoms with Crippen LogP contribution in [-0.2, 0) is 0 Å². The Kier molecular flexibility index (Phi) is 4.12. The van der Waals surface area contributed by atoms with Crippen LogP contribution in [0.3, 0.4) is 0 Å². The van der Waals surface area contributed by atoms with Crippen LogP contribution in [0.4, 0.5) is 0 Å². The number of methoxy groups -OCH3 is 2. The lowest BCUT2D eigenvalue weighted by Crippen LogP contribution is -2.18. The van der Waals surface area contributed by atoms with Gasteiger partial charge in [0.05, 0.1) is 20.8 Å². The first-order chi connectivity index (χ1) is 7.21. The molecule has 0 heterocycles. The summed E-state index contributed by atoms with van der Waals surface area (Å²) in [6.07, 6.45) is 0. The van der Waals surface area contributed by atoms with Crippen LogP contribution in [0, 0.1) is 0 Å². The molecule has 0 radical (unpaired) electrons. The second kappa shape index (κ2) is 5.36. The van der Waals surface area contributed by atoms with Gasteiger partial charge in [-0.15, -0.1) is 0 Å². The summed E-state index contributed by atoms with van der Waals surface area (Å²) in [5, 5.41) is 2.81. The van der Waals surface area contributed by atoms with Gasteiger partial charge in [0.2, 0.25) is 0 Å². The lowest BCUT2D eigenvalue weighted by molar-refractivity contribution is 0.0993. The number of Topliss-reactive ketones (excluding diaryl/α,β-unsaturated/α-hetero) is 1. The highest BCUT2D eigenvalue weighted by molar-refractivity contribution is 5.98. The monoisotopic (exact) mass is 209 g/mol. The summed E-state index contributed by atoms with van der Waals surface area (Å²) in [6, 6.07) is 5.13. The van der Waals surface area contributed by atoms with Crippen LogP contribution in [0.1, 0.15) is 10.4 Å². The molecule has 0 aliphatic heterocycles. The molecule has 1 N–H and O–H groups in total. The number of nitrogens with one attached hydrogen (secondary N) is 1. The fourth-order valence-electron chi connectivity index (χ4n) is 1.23. The van der Waals surface area contributed by atoms with E-state index < -0.39 is 0 Å². The first-order valence-corrected chi connectivity index (χ1v) is 4.62. The van der Waals surface area contributed by atoms with E-state index in [2.05, 4.69) is 5.32 Å². The van der Waals surface area contributed by atoms with Crippen molar-refractivity contribution in [1.82, 2.24) is 5.32 Å². The minimum atomic E-state index is 0.00898. The minimum Gasteiger partial charge on any atom is -0.497 e. The van der Waals surface area contributed by atoms with Crippen LogP contribution in [-0.4, -0.2) is 33.6 Å². The molecule has 0 atom stereocenters. The normalized spacial score (nSPS) is 9.80. The largest absolute Gasteiger partial charge is 0.497 e. The summed E-state index contributed by atoms with van der Waals surface area (Å²) in [4.78, 5) is 11.6. The summed E-state index contributed by atoms with van der Waals surface area (Å²) in [5.41, 5.74) is 0.584. The maximum Gasteiger partial charge on any atom is 0.176 e. The molecule has 4 heteroatoms. The first kappa shape index (κ1) is 11.5. The Balaban J connectivity index is 3.01. The van der Waals surface area contributed by atoms with E-state index in [9.17, 15) is 4.79 Å². The van der Waals surface area contributed by atoms with Gasteiger partial charge in [0.15, 0.2) is 5.78 Å². The molecule has 0 saturated heterocycles. The van der Waals surface area contributed by atoms with E-state index >= 15 is 0 Å². The van der Waals surface area contributed by atoms with Crippen molar-refractivity contribution in [2.75, 3.05) is 27.8 Å². The highest BCUT2D eigenvalue weighted by Crippen LogP contribution is 2.22. The van der Waals surface area contributed by atoms with Crippen LogP contribution < -0.4 is 14.8 Å². The van der Waals surface area contributed by atoms with E-state index in [1.807, 2.05) is 0 Å². The number of ether oxygens (including phenoxy) is 2. The van der Waals surface area contributed by atoms with Crippen LogP contribution >= 0.6 is 0 Å². The number of hydrogen-bond donors (Lipinski definition) is 1. The molecular weight excluding hydrogens is 194 g/mol. The highest BCUT2D eigenvalue weighted by atomic mass is 16.5. The zero-order valence-electron chi connectivity index (χ0n) is 9.16. The third kappa shape index (κ3) is 2.95. The molecule has 0 aromatic heterocycles. The van der Waals surface area contributed by atoms with Gasteiger partial charge in [-0.05, 0) is 19.2 Å². The van der Waals surface area contributed by atoms with Crippen molar-refractivity contribution in [2.24, 2.45) is 0 Å². The van der Waals surface area contributed by atoms with Gasteiger partial charge in [0.25, 0.3) is 0 Å². The molecule has 4 nitrogen and oxygen atoms in total. The Hall–Kier alpha value is -1.55. The van der Waals surface area contributed by atoms with E-state index in [4.69, 9.17) is 9.47 Å². The second-order valence-electron chi connectivity index (χ2n) is 3.05. The number of ketones is 1. The molecular formula is C11H15NO3. The molecule has 0 unspecified atom stereocenters. The summed E-state index contributed by atoms with van der Waals surface area (Å²) in [5.74, 6) is 1.25. The van der Waals surface area contributed by atoms with E-state index in [0.29, 0.717) is 23.6 Å². The summed E-state index contributed by atoms with van der Waals surface area (Å²) in [6.45, 7) is 0.302. The zero-order chi connectivity index (χ0) is 11.3. The van der Waals surface area contributed by atoms with Crippen molar-refractivity contribution >= 4 is 5.78 Å². The van der Waals surface area contributed by atoms with Gasteiger partial charge < -0.3 is 14.8 Å². The summed E-state index contributed by atoms with van der Waals surface area (Å²) >= 11 is 0. The van der Waals surface area contributed by atoms with Crippen molar-refractivity contribution in [3.63, 3.8) is 0 Å². The van der Waals surface area contributed by atoms with Gasteiger partial charge >= 0.3 is 0 Å². The van der Waals surface area contributed by atoms with Crippen LogP contribution in [0.5, 0.6) is 11.5 Å². The maximum atomic E-state index is 11.6. The first-order valence-electron chi connectivity index (χ1n) is 4.62. The molecule has 0 saturated carbocycles. The Labute approximate surface area is 89.2 Å². The van der Waals surface area contributed by atoms with E-state index in [-0.39, 0.29) is 5.78 Å². The van der Waals surface area contributed by atoms with Crippen molar-refractivity contribution in [3.05, 3.63) is 23.8 Å². The quantitative estimate of drug-likeness (QED) is 0.738. The topological polar surface area (TPSA) is 47.6 Å². The highest BCUT2D eigenvalue weighted by Gasteiger charge is 2.08. The standard InChI is InChI=1S/C11H15NO3/c1-12-7-11(13)8-4-9(14-2)6-10(5-8)15-3/h4-6,12H,7H2,1-3H3. The summed E-state index contributed by atoms with van der Waals surface area (Å²) in [7, 11) is 4.84. The number of benzene rings is 1. The molecule has 0 spiro atoms. The van der Waals surface area contributed by atoms with Crippen molar-refractivity contribution in [1.29, 1.82) is 0 Å². The molecule has 1 aromatic rings. The number of carbonyl (C=O) groups excluding carboxylic acids is 1.